The fourth-order valence-corrected chi connectivity index (χ4v) is 2.76. The average Bonchev–Trinajstić information content (AvgIpc) is 2.87. The normalized spacial score (nSPS) is 29.9. The predicted octanol–water partition coefficient (Wildman–Crippen LogP) is 0.430. The maximum absolute atomic E-state index is 11.9. The molecule has 0 aromatic heterocycles. The Bertz CT molecular complexity index is 351. The largest absolute Gasteiger partial charge is 0.479 e. The first kappa shape index (κ1) is 14.3. The third-order valence-corrected chi connectivity index (χ3v) is 3.96. The molecule has 1 heterocycles. The van der Waals surface area contributed by atoms with Crippen molar-refractivity contribution in [2.24, 2.45) is 0 Å². The fraction of sp³-hybridized carbons (Fsp3) is 0.846. The summed E-state index contributed by atoms with van der Waals surface area (Å²) in [6.45, 7) is 0.226. The number of nitrogens with one attached hydrogen (secondary N) is 1. The molecule has 1 saturated carbocycles. The highest BCUT2D eigenvalue weighted by Gasteiger charge is 2.36. The lowest BCUT2D eigenvalue weighted by molar-refractivity contribution is -0.152. The van der Waals surface area contributed by atoms with Crippen molar-refractivity contribution in [3.05, 3.63) is 0 Å². The molecule has 0 aromatic carbocycles. The predicted molar refractivity (Wildman–Crippen MR) is 66.6 cm³/mol. The van der Waals surface area contributed by atoms with E-state index in [-0.39, 0.29) is 12.5 Å². The minimum Gasteiger partial charge on any atom is -0.479 e. The molecule has 2 unspecified atom stereocenters. The van der Waals surface area contributed by atoms with Crippen LogP contribution in [0.5, 0.6) is 0 Å². The van der Waals surface area contributed by atoms with E-state index in [0.717, 1.165) is 19.3 Å². The maximum atomic E-state index is 11.9. The number of carbonyl (C=O) groups excluding carboxylic acids is 1. The van der Waals surface area contributed by atoms with E-state index in [1.807, 2.05) is 0 Å². The van der Waals surface area contributed by atoms with Crippen LogP contribution in [0.2, 0.25) is 0 Å². The van der Waals surface area contributed by atoms with E-state index in [9.17, 15) is 14.7 Å². The molecule has 0 spiro atoms. The Morgan fingerprint density at radius 2 is 1.79 bits per heavy atom. The van der Waals surface area contributed by atoms with Gasteiger partial charge in [0.25, 0.3) is 0 Å². The Kier molecular flexibility index (Phi) is 4.42. The van der Waals surface area contributed by atoms with Gasteiger partial charge in [0.2, 0.25) is 5.91 Å². The number of amides is 1. The fourth-order valence-electron chi connectivity index (χ4n) is 2.76. The number of hydrogen-bond acceptors (Lipinski definition) is 4. The van der Waals surface area contributed by atoms with E-state index < -0.39 is 23.8 Å². The molecule has 0 bridgehead atoms. The number of ether oxygens (including phenoxy) is 1. The number of carbonyl (C=O) groups is 2. The number of aliphatic hydroxyl groups is 1. The third kappa shape index (κ3) is 3.67. The molecule has 19 heavy (non-hydrogen) atoms. The molecule has 6 nitrogen and oxygen atoms in total. The number of carboxylic acids is 1. The Balaban J connectivity index is 1.77. The summed E-state index contributed by atoms with van der Waals surface area (Å²) in [5.74, 6) is -1.34. The van der Waals surface area contributed by atoms with E-state index in [2.05, 4.69) is 5.32 Å². The summed E-state index contributed by atoms with van der Waals surface area (Å²) in [6.07, 6.45) is 3.69. The summed E-state index contributed by atoms with van der Waals surface area (Å²) in [5.41, 5.74) is -0.807. The van der Waals surface area contributed by atoms with Crippen LogP contribution in [-0.2, 0) is 14.3 Å². The lowest BCUT2D eigenvalue weighted by Crippen LogP contribution is -2.47. The molecule has 2 rings (SSSR count). The molecule has 0 radical (unpaired) electrons. The highest BCUT2D eigenvalue weighted by molar-refractivity contribution is 5.82. The van der Waals surface area contributed by atoms with E-state index >= 15 is 0 Å². The van der Waals surface area contributed by atoms with Crippen LogP contribution in [-0.4, -0.2) is 46.4 Å². The smallest absolute Gasteiger partial charge is 0.332 e. The van der Waals surface area contributed by atoms with Crippen molar-refractivity contribution >= 4 is 11.9 Å². The third-order valence-electron chi connectivity index (χ3n) is 3.96. The van der Waals surface area contributed by atoms with Gasteiger partial charge in [-0.2, -0.15) is 0 Å². The number of aliphatic carboxylic acids is 1. The Hall–Kier alpha value is -1.14. The van der Waals surface area contributed by atoms with Gasteiger partial charge in [-0.1, -0.05) is 19.3 Å². The minimum atomic E-state index is -1.03. The topological polar surface area (TPSA) is 95.9 Å². The monoisotopic (exact) mass is 271 g/mol. The molecule has 1 saturated heterocycles. The Labute approximate surface area is 112 Å². The summed E-state index contributed by atoms with van der Waals surface area (Å²) >= 11 is 0. The van der Waals surface area contributed by atoms with Gasteiger partial charge in [0.15, 0.2) is 6.10 Å². The number of hydrogen-bond donors (Lipinski definition) is 3. The molecular formula is C13H21NO5. The van der Waals surface area contributed by atoms with E-state index in [1.54, 1.807) is 0 Å². The van der Waals surface area contributed by atoms with Crippen LogP contribution in [0.15, 0.2) is 0 Å². The standard InChI is InChI=1S/C13H21NO5/c15-11(9-4-5-10(19-9)12(16)17)14-8-13(18)6-2-1-3-7-13/h9-10,18H,1-8H2,(H,14,15)(H,16,17). The molecule has 0 aromatic rings. The van der Waals surface area contributed by atoms with Crippen molar-refractivity contribution in [2.75, 3.05) is 6.54 Å². The first-order valence-electron chi connectivity index (χ1n) is 6.88. The molecule has 3 N–H and O–H groups in total. The van der Waals surface area contributed by atoms with E-state index in [1.165, 1.54) is 0 Å². The van der Waals surface area contributed by atoms with Crippen molar-refractivity contribution in [2.45, 2.75) is 62.8 Å². The molecule has 1 amide bonds. The van der Waals surface area contributed by atoms with Crippen molar-refractivity contribution < 1.29 is 24.5 Å². The first-order valence-corrected chi connectivity index (χ1v) is 6.88. The molecule has 2 atom stereocenters. The van der Waals surface area contributed by atoms with Gasteiger partial charge in [-0.3, -0.25) is 4.79 Å². The summed E-state index contributed by atoms with van der Waals surface area (Å²) in [5, 5.41) is 21.7. The van der Waals surface area contributed by atoms with Crippen LogP contribution >= 0.6 is 0 Å². The van der Waals surface area contributed by atoms with Gasteiger partial charge in [0, 0.05) is 6.54 Å². The summed E-state index contributed by atoms with van der Waals surface area (Å²) in [7, 11) is 0. The van der Waals surface area contributed by atoms with E-state index in [0.29, 0.717) is 25.7 Å². The van der Waals surface area contributed by atoms with Gasteiger partial charge in [0.1, 0.15) is 6.10 Å². The second kappa shape index (κ2) is 5.88. The second-order valence-corrected chi connectivity index (χ2v) is 5.53. The molecule has 6 heteroatoms. The van der Waals surface area contributed by atoms with Gasteiger partial charge in [0.05, 0.1) is 5.60 Å². The van der Waals surface area contributed by atoms with Crippen LogP contribution in [0.1, 0.15) is 44.9 Å². The lowest BCUT2D eigenvalue weighted by atomic mass is 9.85. The molecule has 108 valence electrons. The summed E-state index contributed by atoms with van der Waals surface area (Å²) in [4.78, 5) is 22.6. The zero-order chi connectivity index (χ0) is 13.9. The summed E-state index contributed by atoms with van der Waals surface area (Å²) < 4.78 is 5.16. The molecule has 1 aliphatic carbocycles. The van der Waals surface area contributed by atoms with Crippen LogP contribution in [0.3, 0.4) is 0 Å². The zero-order valence-corrected chi connectivity index (χ0v) is 10.9. The summed E-state index contributed by atoms with van der Waals surface area (Å²) in [6, 6.07) is 0. The molecule has 2 aliphatic rings. The Morgan fingerprint density at radius 1 is 1.16 bits per heavy atom. The van der Waals surface area contributed by atoms with Crippen molar-refractivity contribution in [3.63, 3.8) is 0 Å². The second-order valence-electron chi connectivity index (χ2n) is 5.53. The SMILES string of the molecule is O=C(O)C1CCC(C(=O)NCC2(O)CCCCC2)O1. The van der Waals surface area contributed by atoms with Crippen LogP contribution < -0.4 is 5.32 Å². The minimum absolute atomic E-state index is 0.226. The van der Waals surface area contributed by atoms with Gasteiger partial charge >= 0.3 is 5.97 Å². The average molecular weight is 271 g/mol. The highest BCUT2D eigenvalue weighted by Crippen LogP contribution is 2.27. The Morgan fingerprint density at radius 3 is 2.37 bits per heavy atom. The number of carboxylic acid groups (broad SMARTS) is 1. The first-order chi connectivity index (χ1) is 9.00. The van der Waals surface area contributed by atoms with Gasteiger partial charge in [-0.25, -0.2) is 4.79 Å². The van der Waals surface area contributed by atoms with Crippen LogP contribution in [0.4, 0.5) is 0 Å². The lowest BCUT2D eigenvalue weighted by Gasteiger charge is -2.32. The molecular weight excluding hydrogens is 250 g/mol. The number of rotatable bonds is 4. The van der Waals surface area contributed by atoms with Crippen molar-refractivity contribution in [1.82, 2.24) is 5.32 Å². The highest BCUT2D eigenvalue weighted by atomic mass is 16.5. The van der Waals surface area contributed by atoms with Gasteiger partial charge < -0.3 is 20.3 Å². The molecule has 2 fully saturated rings. The van der Waals surface area contributed by atoms with E-state index in [4.69, 9.17) is 9.84 Å². The van der Waals surface area contributed by atoms with Crippen molar-refractivity contribution in [3.8, 4) is 0 Å². The zero-order valence-electron chi connectivity index (χ0n) is 10.9. The van der Waals surface area contributed by atoms with Crippen LogP contribution in [0.25, 0.3) is 0 Å². The quantitative estimate of drug-likeness (QED) is 0.689. The molecule has 1 aliphatic heterocycles. The maximum Gasteiger partial charge on any atom is 0.332 e. The van der Waals surface area contributed by atoms with Crippen molar-refractivity contribution in [1.29, 1.82) is 0 Å². The van der Waals surface area contributed by atoms with Gasteiger partial charge in [-0.05, 0) is 25.7 Å². The van der Waals surface area contributed by atoms with Crippen LogP contribution in [0, 0.1) is 0 Å². The van der Waals surface area contributed by atoms with Gasteiger partial charge in [-0.15, -0.1) is 0 Å².